The molecule has 2 fully saturated rings. The molecule has 0 bridgehead atoms. The summed E-state index contributed by atoms with van der Waals surface area (Å²) in [6.45, 7) is 7.65. The monoisotopic (exact) mass is 436 g/mol. The Bertz CT molecular complexity index is 927. The van der Waals surface area contributed by atoms with Gasteiger partial charge in [-0.3, -0.25) is 0 Å². The first kappa shape index (κ1) is 23.2. The number of rotatable bonds is 8. The van der Waals surface area contributed by atoms with Crippen molar-refractivity contribution in [2.75, 3.05) is 0 Å². The van der Waals surface area contributed by atoms with Gasteiger partial charge in [0.15, 0.2) is 11.6 Å². The summed E-state index contributed by atoms with van der Waals surface area (Å²) in [5.41, 5.74) is 1.57. The minimum Gasteiger partial charge on any atom is -0.203 e. The Morgan fingerprint density at radius 2 is 1.50 bits per heavy atom. The highest BCUT2D eigenvalue weighted by molar-refractivity contribution is 5.84. The van der Waals surface area contributed by atoms with Crippen LogP contribution in [0.15, 0.2) is 49.6 Å². The van der Waals surface area contributed by atoms with Gasteiger partial charge in [0.25, 0.3) is 0 Å². The number of hydrogen-bond donors (Lipinski definition) is 0. The maximum absolute atomic E-state index is 14.7. The van der Waals surface area contributed by atoms with Crippen molar-refractivity contribution in [3.05, 3.63) is 72.3 Å². The lowest BCUT2D eigenvalue weighted by Gasteiger charge is -2.37. The highest BCUT2D eigenvalue weighted by Gasteiger charge is 2.30. The van der Waals surface area contributed by atoms with E-state index in [2.05, 4.69) is 25.3 Å². The first-order valence-electron chi connectivity index (χ1n) is 12.7. The van der Waals surface area contributed by atoms with Crippen molar-refractivity contribution in [2.24, 2.45) is 23.7 Å². The van der Waals surface area contributed by atoms with Crippen molar-refractivity contribution in [3.8, 4) is 0 Å². The van der Waals surface area contributed by atoms with Gasteiger partial charge < -0.3 is 0 Å². The summed E-state index contributed by atoms with van der Waals surface area (Å²) in [6.07, 6.45) is 18.0. The molecule has 0 spiro atoms. The van der Waals surface area contributed by atoms with Gasteiger partial charge in [-0.25, -0.2) is 8.78 Å². The number of hydrogen-bond acceptors (Lipinski definition) is 0. The number of fused-ring (bicyclic) bond motifs is 1. The number of aryl methyl sites for hydroxylation is 2. The third kappa shape index (κ3) is 5.33. The summed E-state index contributed by atoms with van der Waals surface area (Å²) >= 11 is 0. The SMILES string of the molecule is C=CCCc1cc2ccc(CCC3CCC(C4CCC(C=C)CC4)CC3)cc2c(F)c1F. The molecule has 2 saturated carbocycles. The Labute approximate surface area is 192 Å². The summed E-state index contributed by atoms with van der Waals surface area (Å²) in [5, 5.41) is 1.21. The zero-order chi connectivity index (χ0) is 22.5. The van der Waals surface area contributed by atoms with Gasteiger partial charge in [0, 0.05) is 5.39 Å². The van der Waals surface area contributed by atoms with E-state index in [4.69, 9.17) is 0 Å². The fourth-order valence-corrected chi connectivity index (χ4v) is 6.20. The molecule has 0 unspecified atom stereocenters. The van der Waals surface area contributed by atoms with Crippen LogP contribution in [0.25, 0.3) is 10.8 Å². The molecule has 0 radical (unpaired) electrons. The Kier molecular flexibility index (Phi) is 7.81. The maximum atomic E-state index is 14.7. The molecule has 172 valence electrons. The molecule has 2 aromatic rings. The lowest BCUT2D eigenvalue weighted by atomic mass is 9.68. The van der Waals surface area contributed by atoms with Gasteiger partial charge in [0.2, 0.25) is 0 Å². The zero-order valence-electron chi connectivity index (χ0n) is 19.4. The van der Waals surface area contributed by atoms with Gasteiger partial charge in [0.05, 0.1) is 0 Å². The van der Waals surface area contributed by atoms with Crippen LogP contribution in [0.5, 0.6) is 0 Å². The Hall–Kier alpha value is -1.96. The molecule has 0 heterocycles. The molecule has 2 aliphatic rings. The molecular formula is C30H38F2. The van der Waals surface area contributed by atoms with Crippen molar-refractivity contribution in [1.82, 2.24) is 0 Å². The molecular weight excluding hydrogens is 398 g/mol. The highest BCUT2D eigenvalue weighted by Crippen LogP contribution is 2.42. The molecule has 4 rings (SSSR count). The minimum atomic E-state index is -0.699. The van der Waals surface area contributed by atoms with Crippen LogP contribution in [-0.2, 0) is 12.8 Å². The smallest absolute Gasteiger partial charge is 0.166 e. The highest BCUT2D eigenvalue weighted by atomic mass is 19.2. The van der Waals surface area contributed by atoms with E-state index in [0.717, 1.165) is 47.5 Å². The molecule has 2 aromatic carbocycles. The molecule has 2 heteroatoms. The fourth-order valence-electron chi connectivity index (χ4n) is 6.20. The topological polar surface area (TPSA) is 0 Å². The van der Waals surface area contributed by atoms with Crippen molar-refractivity contribution in [1.29, 1.82) is 0 Å². The average molecular weight is 437 g/mol. The second-order valence-corrected chi connectivity index (χ2v) is 10.3. The van der Waals surface area contributed by atoms with Crippen molar-refractivity contribution < 1.29 is 8.78 Å². The Balaban J connectivity index is 1.31. The van der Waals surface area contributed by atoms with Gasteiger partial charge in [0.1, 0.15) is 0 Å². The summed E-state index contributed by atoms with van der Waals surface area (Å²) < 4.78 is 29.2. The van der Waals surface area contributed by atoms with E-state index in [9.17, 15) is 8.78 Å². The fraction of sp³-hybridized carbons (Fsp3) is 0.533. The summed E-state index contributed by atoms with van der Waals surface area (Å²) in [4.78, 5) is 0. The predicted molar refractivity (Wildman–Crippen MR) is 132 cm³/mol. The Morgan fingerprint density at radius 3 is 2.16 bits per heavy atom. The molecule has 32 heavy (non-hydrogen) atoms. The van der Waals surface area contributed by atoms with Gasteiger partial charge in [-0.05, 0) is 117 Å². The van der Waals surface area contributed by atoms with Gasteiger partial charge in [-0.15, -0.1) is 13.2 Å². The third-order valence-corrected chi connectivity index (χ3v) is 8.33. The molecule has 0 amide bonds. The average Bonchev–Trinajstić information content (AvgIpc) is 2.84. The molecule has 0 nitrogen and oxygen atoms in total. The second kappa shape index (κ2) is 10.8. The van der Waals surface area contributed by atoms with Crippen LogP contribution in [0.4, 0.5) is 8.78 Å². The van der Waals surface area contributed by atoms with Gasteiger partial charge in [-0.2, -0.15) is 0 Å². The maximum Gasteiger partial charge on any atom is 0.166 e. The first-order valence-corrected chi connectivity index (χ1v) is 12.7. The van der Waals surface area contributed by atoms with E-state index in [1.807, 2.05) is 12.1 Å². The van der Waals surface area contributed by atoms with Crippen LogP contribution in [0.1, 0.15) is 75.3 Å². The van der Waals surface area contributed by atoms with Crippen molar-refractivity contribution in [2.45, 2.75) is 77.0 Å². The summed E-state index contributed by atoms with van der Waals surface area (Å²) in [7, 11) is 0. The van der Waals surface area contributed by atoms with Crippen molar-refractivity contribution in [3.63, 3.8) is 0 Å². The molecule has 2 aliphatic carbocycles. The van der Waals surface area contributed by atoms with Crippen LogP contribution >= 0.6 is 0 Å². The number of benzene rings is 2. The third-order valence-electron chi connectivity index (χ3n) is 8.33. The van der Waals surface area contributed by atoms with Crippen LogP contribution in [0.3, 0.4) is 0 Å². The normalized spacial score (nSPS) is 26.2. The van der Waals surface area contributed by atoms with E-state index < -0.39 is 11.6 Å². The first-order chi connectivity index (χ1) is 15.6. The quantitative estimate of drug-likeness (QED) is 0.362. The lowest BCUT2D eigenvalue weighted by molar-refractivity contribution is 0.153. The van der Waals surface area contributed by atoms with Crippen LogP contribution in [0, 0.1) is 35.3 Å². The number of allylic oxidation sites excluding steroid dienone is 2. The minimum absolute atomic E-state index is 0.418. The van der Waals surface area contributed by atoms with Crippen LogP contribution in [0.2, 0.25) is 0 Å². The van der Waals surface area contributed by atoms with Gasteiger partial charge >= 0.3 is 0 Å². The van der Waals surface area contributed by atoms with E-state index in [1.54, 1.807) is 12.1 Å². The summed E-state index contributed by atoms with van der Waals surface area (Å²) in [5.74, 6) is 1.98. The van der Waals surface area contributed by atoms with E-state index in [-0.39, 0.29) is 0 Å². The van der Waals surface area contributed by atoms with Crippen LogP contribution < -0.4 is 0 Å². The van der Waals surface area contributed by atoms with Crippen molar-refractivity contribution >= 4 is 10.8 Å². The van der Waals surface area contributed by atoms with Gasteiger partial charge in [-0.1, -0.05) is 37.1 Å². The largest absolute Gasteiger partial charge is 0.203 e. The Morgan fingerprint density at radius 1 is 0.812 bits per heavy atom. The standard InChI is InChI=1S/C30H38F2/c1-3-5-6-27-20-26-18-13-23(19-28(26)30(32)29(27)31)8-7-22-11-16-25(17-12-22)24-14-9-21(4-2)10-15-24/h3-4,13,18-22,24-25H,1-2,5-12,14-17H2. The molecule has 0 aromatic heterocycles. The van der Waals surface area contributed by atoms with Crippen LogP contribution in [-0.4, -0.2) is 0 Å². The number of halogens is 2. The van der Waals surface area contributed by atoms with E-state index in [1.165, 1.54) is 51.4 Å². The lowest BCUT2D eigenvalue weighted by Crippen LogP contribution is -2.25. The predicted octanol–water partition coefficient (Wildman–Crippen LogP) is 8.97. The molecule has 0 atom stereocenters. The second-order valence-electron chi connectivity index (χ2n) is 10.3. The van der Waals surface area contributed by atoms with E-state index >= 15 is 0 Å². The zero-order valence-corrected chi connectivity index (χ0v) is 19.4. The summed E-state index contributed by atoms with van der Waals surface area (Å²) in [6, 6.07) is 7.72. The molecule has 0 N–H and O–H groups in total. The molecule has 0 aliphatic heterocycles. The molecule has 0 saturated heterocycles. The van der Waals surface area contributed by atoms with E-state index in [0.29, 0.717) is 23.8 Å².